The molecule has 0 bridgehead atoms. The Bertz CT molecular complexity index is 243. The van der Waals surface area contributed by atoms with E-state index in [1.165, 1.54) is 69.8 Å². The van der Waals surface area contributed by atoms with Crippen molar-refractivity contribution in [3.8, 4) is 0 Å². The van der Waals surface area contributed by atoms with E-state index < -0.39 is 0 Å². The van der Waals surface area contributed by atoms with Crippen LogP contribution >= 0.6 is 12.6 Å². The zero-order valence-electron chi connectivity index (χ0n) is 11.0. The number of hydrogen-bond acceptors (Lipinski definition) is 1. The molecule has 0 saturated carbocycles. The molecular weight excluding hydrogens is 226 g/mol. The van der Waals surface area contributed by atoms with Crippen LogP contribution in [0.2, 0.25) is 0 Å². The van der Waals surface area contributed by atoms with Crippen molar-refractivity contribution in [1.29, 1.82) is 0 Å². The van der Waals surface area contributed by atoms with Gasteiger partial charge >= 0.3 is 0 Å². The molecule has 1 aromatic heterocycles. The topological polar surface area (TPSA) is 15.8 Å². The molecule has 0 aromatic carbocycles. The summed E-state index contributed by atoms with van der Waals surface area (Å²) >= 11 is 4.23. The Balaban J connectivity index is 1.76. The Morgan fingerprint density at radius 1 is 0.824 bits per heavy atom. The zero-order valence-corrected chi connectivity index (χ0v) is 11.9. The molecule has 1 rings (SSSR count). The second-order valence-corrected chi connectivity index (χ2v) is 5.32. The molecule has 0 aliphatic heterocycles. The van der Waals surface area contributed by atoms with Crippen molar-refractivity contribution in [2.45, 2.75) is 64.2 Å². The summed E-state index contributed by atoms with van der Waals surface area (Å²) in [5.74, 6) is 1.05. The first-order valence-electron chi connectivity index (χ1n) is 7.16. The van der Waals surface area contributed by atoms with Crippen LogP contribution in [0.25, 0.3) is 0 Å². The molecule has 0 radical (unpaired) electrons. The highest BCUT2D eigenvalue weighted by Crippen LogP contribution is 2.11. The Hall–Kier alpha value is -0.370. The van der Waals surface area contributed by atoms with Crippen LogP contribution in [-0.2, 0) is 6.42 Å². The Morgan fingerprint density at radius 3 is 1.94 bits per heavy atom. The van der Waals surface area contributed by atoms with Crippen molar-refractivity contribution in [1.82, 2.24) is 4.98 Å². The quantitative estimate of drug-likeness (QED) is 0.408. The van der Waals surface area contributed by atoms with Crippen LogP contribution in [0.4, 0.5) is 0 Å². The van der Waals surface area contributed by atoms with Crippen LogP contribution in [0.1, 0.15) is 63.4 Å². The number of aromatic amines is 1. The molecule has 1 aromatic rings. The van der Waals surface area contributed by atoms with Gasteiger partial charge in [-0.2, -0.15) is 12.6 Å². The number of aryl methyl sites for hydroxylation is 1. The highest BCUT2D eigenvalue weighted by atomic mass is 32.1. The van der Waals surface area contributed by atoms with Gasteiger partial charge in [0.1, 0.15) is 0 Å². The number of nitrogens with one attached hydrogen (secondary N) is 1. The average Bonchev–Trinajstić information content (AvgIpc) is 2.85. The monoisotopic (exact) mass is 253 g/mol. The summed E-state index contributed by atoms with van der Waals surface area (Å²) in [5.41, 5.74) is 1.46. The number of thiol groups is 1. The van der Waals surface area contributed by atoms with Gasteiger partial charge in [-0.1, -0.05) is 44.9 Å². The van der Waals surface area contributed by atoms with Gasteiger partial charge in [-0.05, 0) is 36.6 Å². The SMILES string of the molecule is SCCCCCCCCCCCc1cc[nH]c1. The largest absolute Gasteiger partial charge is 0.367 e. The molecule has 1 nitrogen and oxygen atoms in total. The van der Waals surface area contributed by atoms with E-state index in [9.17, 15) is 0 Å². The molecular formula is C15H27NS. The van der Waals surface area contributed by atoms with E-state index in [-0.39, 0.29) is 0 Å². The van der Waals surface area contributed by atoms with E-state index in [4.69, 9.17) is 0 Å². The van der Waals surface area contributed by atoms with Gasteiger partial charge in [0.25, 0.3) is 0 Å². The third-order valence-corrected chi connectivity index (χ3v) is 3.60. The lowest BCUT2D eigenvalue weighted by atomic mass is 10.1. The summed E-state index contributed by atoms with van der Waals surface area (Å²) in [6.07, 6.45) is 17.9. The highest BCUT2D eigenvalue weighted by Gasteiger charge is 1.94. The predicted molar refractivity (Wildman–Crippen MR) is 79.9 cm³/mol. The maximum Gasteiger partial charge on any atom is 0.00373 e. The Labute approximate surface area is 112 Å². The average molecular weight is 253 g/mol. The van der Waals surface area contributed by atoms with Crippen LogP contribution < -0.4 is 0 Å². The number of hydrogen-bond donors (Lipinski definition) is 2. The minimum atomic E-state index is 1.05. The number of aromatic nitrogens is 1. The van der Waals surface area contributed by atoms with Crippen molar-refractivity contribution in [2.24, 2.45) is 0 Å². The van der Waals surface area contributed by atoms with Gasteiger partial charge in [0.15, 0.2) is 0 Å². The fraction of sp³-hybridized carbons (Fsp3) is 0.733. The summed E-state index contributed by atoms with van der Waals surface area (Å²) in [7, 11) is 0. The van der Waals surface area contributed by atoms with Gasteiger partial charge in [-0.25, -0.2) is 0 Å². The molecule has 17 heavy (non-hydrogen) atoms. The van der Waals surface area contributed by atoms with E-state index >= 15 is 0 Å². The van der Waals surface area contributed by atoms with Gasteiger partial charge < -0.3 is 4.98 Å². The Kier molecular flexibility index (Phi) is 9.30. The second-order valence-electron chi connectivity index (χ2n) is 4.87. The van der Waals surface area contributed by atoms with Gasteiger partial charge in [0, 0.05) is 12.4 Å². The molecule has 1 N–H and O–H groups in total. The van der Waals surface area contributed by atoms with Crippen LogP contribution in [0.3, 0.4) is 0 Å². The number of H-pyrrole nitrogens is 1. The molecule has 0 amide bonds. The molecule has 0 atom stereocenters. The lowest BCUT2D eigenvalue weighted by Crippen LogP contribution is -1.85. The third-order valence-electron chi connectivity index (χ3n) is 3.29. The molecule has 0 spiro atoms. The van der Waals surface area contributed by atoms with Crippen molar-refractivity contribution < 1.29 is 0 Å². The van der Waals surface area contributed by atoms with E-state index in [1.54, 1.807) is 0 Å². The first-order chi connectivity index (χ1) is 8.43. The fourth-order valence-electron chi connectivity index (χ4n) is 2.19. The minimum Gasteiger partial charge on any atom is -0.367 e. The Morgan fingerprint density at radius 2 is 1.41 bits per heavy atom. The summed E-state index contributed by atoms with van der Waals surface area (Å²) in [5, 5.41) is 0. The fourth-order valence-corrected chi connectivity index (χ4v) is 2.42. The van der Waals surface area contributed by atoms with E-state index in [0.29, 0.717) is 0 Å². The van der Waals surface area contributed by atoms with Crippen LogP contribution in [0.15, 0.2) is 18.5 Å². The second kappa shape index (κ2) is 10.8. The van der Waals surface area contributed by atoms with Crippen LogP contribution in [0.5, 0.6) is 0 Å². The third kappa shape index (κ3) is 8.37. The van der Waals surface area contributed by atoms with E-state index in [1.807, 2.05) is 6.20 Å². The lowest BCUT2D eigenvalue weighted by molar-refractivity contribution is 0.566. The normalized spacial score (nSPS) is 10.9. The maximum atomic E-state index is 4.23. The van der Waals surface area contributed by atoms with E-state index in [0.717, 1.165) is 5.75 Å². The number of rotatable bonds is 11. The molecule has 0 aliphatic carbocycles. The van der Waals surface area contributed by atoms with Gasteiger partial charge in [0.05, 0.1) is 0 Å². The molecule has 98 valence electrons. The molecule has 0 saturated heterocycles. The molecule has 1 heterocycles. The van der Waals surface area contributed by atoms with Crippen molar-refractivity contribution in [3.05, 3.63) is 24.0 Å². The van der Waals surface area contributed by atoms with Crippen molar-refractivity contribution in [3.63, 3.8) is 0 Å². The van der Waals surface area contributed by atoms with Crippen molar-refractivity contribution in [2.75, 3.05) is 5.75 Å². The highest BCUT2D eigenvalue weighted by molar-refractivity contribution is 7.80. The summed E-state index contributed by atoms with van der Waals surface area (Å²) < 4.78 is 0. The summed E-state index contributed by atoms with van der Waals surface area (Å²) in [4.78, 5) is 3.11. The summed E-state index contributed by atoms with van der Waals surface area (Å²) in [6.45, 7) is 0. The smallest absolute Gasteiger partial charge is 0.00373 e. The summed E-state index contributed by atoms with van der Waals surface area (Å²) in [6, 6.07) is 2.18. The van der Waals surface area contributed by atoms with Gasteiger partial charge in [-0.3, -0.25) is 0 Å². The molecule has 0 unspecified atom stereocenters. The molecule has 0 aliphatic rings. The number of unbranched alkanes of at least 4 members (excludes halogenated alkanes) is 8. The minimum absolute atomic E-state index is 1.05. The van der Waals surface area contributed by atoms with Gasteiger partial charge in [-0.15, -0.1) is 0 Å². The first-order valence-corrected chi connectivity index (χ1v) is 7.79. The van der Waals surface area contributed by atoms with Crippen LogP contribution in [0, 0.1) is 0 Å². The standard InChI is InChI=1S/C15H27NS/c17-13-9-7-5-3-1-2-4-6-8-10-15-11-12-16-14-15/h11-12,14,16-17H,1-10,13H2. The molecule has 2 heteroatoms. The molecule has 0 fully saturated rings. The van der Waals surface area contributed by atoms with Gasteiger partial charge in [0.2, 0.25) is 0 Å². The predicted octanol–water partition coefficient (Wildman–Crippen LogP) is 5.00. The zero-order chi connectivity index (χ0) is 12.2. The van der Waals surface area contributed by atoms with E-state index in [2.05, 4.69) is 29.9 Å². The first kappa shape index (κ1) is 14.7. The lowest BCUT2D eigenvalue weighted by Gasteiger charge is -2.01. The maximum absolute atomic E-state index is 4.23. The van der Waals surface area contributed by atoms with Crippen LogP contribution in [-0.4, -0.2) is 10.7 Å². The van der Waals surface area contributed by atoms with Crippen molar-refractivity contribution >= 4 is 12.6 Å².